The van der Waals surface area contributed by atoms with Gasteiger partial charge in [-0.2, -0.15) is 10.2 Å². The van der Waals surface area contributed by atoms with Gasteiger partial charge in [-0.05, 0) is 37.3 Å². The quantitative estimate of drug-likeness (QED) is 0.925. The van der Waals surface area contributed by atoms with Crippen LogP contribution in [0.4, 0.5) is 5.82 Å². The maximum absolute atomic E-state index is 9.27. The average molecular weight is 283 g/mol. The van der Waals surface area contributed by atoms with E-state index in [1.807, 2.05) is 6.07 Å². The smallest absolute Gasteiger partial charge is 0.223 e. The Hall–Kier alpha value is -2.42. The molecule has 0 amide bonds. The van der Waals surface area contributed by atoms with E-state index in [9.17, 15) is 5.26 Å². The van der Waals surface area contributed by atoms with E-state index in [1.165, 1.54) is 18.4 Å². The maximum Gasteiger partial charge on any atom is 0.223 e. The van der Waals surface area contributed by atoms with Crippen molar-refractivity contribution in [2.75, 3.05) is 11.9 Å². The van der Waals surface area contributed by atoms with Gasteiger partial charge in [-0.3, -0.25) is 0 Å². The molecule has 0 spiro atoms. The van der Waals surface area contributed by atoms with E-state index in [4.69, 9.17) is 4.52 Å². The van der Waals surface area contributed by atoms with E-state index in [2.05, 4.69) is 26.5 Å². The fraction of sp³-hybridized carbons (Fsp3) is 0.467. The number of aromatic nitrogens is 3. The summed E-state index contributed by atoms with van der Waals surface area (Å²) >= 11 is 0. The Labute approximate surface area is 123 Å². The molecule has 21 heavy (non-hydrogen) atoms. The highest BCUT2D eigenvalue weighted by Gasteiger charge is 2.15. The van der Waals surface area contributed by atoms with Gasteiger partial charge in [-0.1, -0.05) is 5.16 Å². The Balaban J connectivity index is 1.71. The first-order valence-electron chi connectivity index (χ1n) is 7.22. The van der Waals surface area contributed by atoms with Crippen LogP contribution in [-0.4, -0.2) is 21.7 Å². The van der Waals surface area contributed by atoms with Crippen LogP contribution < -0.4 is 5.32 Å². The Morgan fingerprint density at radius 1 is 1.33 bits per heavy atom. The molecule has 0 aromatic carbocycles. The van der Waals surface area contributed by atoms with Gasteiger partial charge >= 0.3 is 0 Å². The van der Waals surface area contributed by atoms with Crippen molar-refractivity contribution in [3.05, 3.63) is 34.6 Å². The van der Waals surface area contributed by atoms with Crippen molar-refractivity contribution < 1.29 is 4.52 Å². The van der Waals surface area contributed by atoms with E-state index < -0.39 is 0 Å². The molecule has 0 unspecified atom stereocenters. The van der Waals surface area contributed by atoms with Gasteiger partial charge in [0, 0.05) is 25.6 Å². The van der Waals surface area contributed by atoms with Crippen LogP contribution in [0, 0.1) is 18.3 Å². The molecule has 0 aliphatic heterocycles. The summed E-state index contributed by atoms with van der Waals surface area (Å²) in [4.78, 5) is 8.77. The van der Waals surface area contributed by atoms with Crippen molar-refractivity contribution in [1.29, 1.82) is 5.26 Å². The Kier molecular flexibility index (Phi) is 3.82. The molecule has 0 radical (unpaired) electrons. The number of pyridine rings is 1. The minimum atomic E-state index is 0.564. The van der Waals surface area contributed by atoms with Crippen molar-refractivity contribution >= 4 is 5.82 Å². The van der Waals surface area contributed by atoms with Crippen LogP contribution in [0.15, 0.2) is 10.6 Å². The van der Waals surface area contributed by atoms with Crippen molar-refractivity contribution in [3.8, 4) is 6.07 Å². The zero-order valence-corrected chi connectivity index (χ0v) is 12.0. The van der Waals surface area contributed by atoms with Crippen LogP contribution >= 0.6 is 0 Å². The van der Waals surface area contributed by atoms with Crippen molar-refractivity contribution in [2.45, 2.75) is 39.0 Å². The van der Waals surface area contributed by atoms with Crippen LogP contribution in [0.25, 0.3) is 0 Å². The molecular weight excluding hydrogens is 266 g/mol. The lowest BCUT2D eigenvalue weighted by Crippen LogP contribution is -2.13. The van der Waals surface area contributed by atoms with Gasteiger partial charge in [0.25, 0.3) is 0 Å². The lowest BCUT2D eigenvalue weighted by Gasteiger charge is -2.17. The van der Waals surface area contributed by atoms with Crippen LogP contribution in [0.5, 0.6) is 0 Å². The van der Waals surface area contributed by atoms with Gasteiger partial charge in [-0.15, -0.1) is 0 Å². The molecule has 0 bridgehead atoms. The van der Waals surface area contributed by atoms with E-state index in [0.717, 1.165) is 18.5 Å². The summed E-state index contributed by atoms with van der Waals surface area (Å²) in [5.41, 5.74) is 2.95. The molecule has 1 aliphatic rings. The van der Waals surface area contributed by atoms with Crippen molar-refractivity contribution in [2.24, 2.45) is 0 Å². The normalized spacial score (nSPS) is 13.5. The number of anilines is 1. The van der Waals surface area contributed by atoms with E-state index >= 15 is 0 Å². The van der Waals surface area contributed by atoms with Crippen LogP contribution in [0.2, 0.25) is 0 Å². The first kappa shape index (κ1) is 13.6. The van der Waals surface area contributed by atoms with E-state index in [-0.39, 0.29) is 0 Å². The van der Waals surface area contributed by atoms with Gasteiger partial charge < -0.3 is 9.84 Å². The predicted octanol–water partition coefficient (Wildman–Crippen LogP) is 2.18. The summed E-state index contributed by atoms with van der Waals surface area (Å²) in [6.07, 6.45) is 5.02. The molecule has 1 aliphatic carbocycles. The van der Waals surface area contributed by atoms with E-state index in [0.29, 0.717) is 36.1 Å². The summed E-state index contributed by atoms with van der Waals surface area (Å²) in [6, 6.07) is 4.20. The molecule has 1 N–H and O–H groups in total. The highest BCUT2D eigenvalue weighted by Crippen LogP contribution is 2.24. The van der Waals surface area contributed by atoms with E-state index in [1.54, 1.807) is 6.92 Å². The number of nitrogens with zero attached hydrogens (tertiary/aromatic N) is 4. The molecule has 2 aromatic rings. The minimum Gasteiger partial charge on any atom is -0.369 e. The first-order chi connectivity index (χ1) is 10.3. The molecule has 3 rings (SSSR count). The first-order valence-corrected chi connectivity index (χ1v) is 7.22. The standard InChI is InChI=1S/C15H17N5O/c1-10-18-14(20-21-10)6-7-17-15-12(9-16)8-11-4-2-3-5-13(11)19-15/h8H,2-7H2,1H3,(H,17,19). The summed E-state index contributed by atoms with van der Waals surface area (Å²) < 4.78 is 4.93. The predicted molar refractivity (Wildman–Crippen MR) is 76.8 cm³/mol. The molecule has 108 valence electrons. The third kappa shape index (κ3) is 3.02. The van der Waals surface area contributed by atoms with Crippen molar-refractivity contribution in [3.63, 3.8) is 0 Å². The molecule has 0 fully saturated rings. The number of fused-ring (bicyclic) bond motifs is 1. The molecule has 0 saturated heterocycles. The Morgan fingerprint density at radius 2 is 2.19 bits per heavy atom. The van der Waals surface area contributed by atoms with Gasteiger partial charge in [0.2, 0.25) is 5.89 Å². The summed E-state index contributed by atoms with van der Waals surface area (Å²) in [7, 11) is 0. The monoisotopic (exact) mass is 283 g/mol. The number of aryl methyl sites for hydroxylation is 3. The van der Waals surface area contributed by atoms with Gasteiger partial charge in [0.15, 0.2) is 5.82 Å². The second-order valence-electron chi connectivity index (χ2n) is 5.22. The third-order valence-corrected chi connectivity index (χ3v) is 3.63. The summed E-state index contributed by atoms with van der Waals surface area (Å²) in [6.45, 7) is 2.39. The largest absolute Gasteiger partial charge is 0.369 e. The number of nitriles is 1. The van der Waals surface area contributed by atoms with Crippen LogP contribution in [-0.2, 0) is 19.3 Å². The fourth-order valence-electron chi connectivity index (χ4n) is 2.59. The van der Waals surface area contributed by atoms with Gasteiger partial charge in [-0.25, -0.2) is 4.98 Å². The second-order valence-corrected chi connectivity index (χ2v) is 5.22. The SMILES string of the molecule is Cc1nc(CCNc2nc3c(cc2C#N)CCCC3)no1. The number of hydrogen-bond acceptors (Lipinski definition) is 6. The fourth-order valence-corrected chi connectivity index (χ4v) is 2.59. The topological polar surface area (TPSA) is 87.6 Å². The molecule has 6 nitrogen and oxygen atoms in total. The molecule has 2 heterocycles. The zero-order chi connectivity index (χ0) is 14.7. The number of rotatable bonds is 4. The Morgan fingerprint density at radius 3 is 2.95 bits per heavy atom. The van der Waals surface area contributed by atoms with Crippen LogP contribution in [0.1, 0.15) is 41.4 Å². The van der Waals surface area contributed by atoms with Crippen LogP contribution in [0.3, 0.4) is 0 Å². The van der Waals surface area contributed by atoms with Gasteiger partial charge in [0.05, 0.1) is 5.56 Å². The maximum atomic E-state index is 9.27. The molecule has 6 heteroatoms. The number of nitrogens with one attached hydrogen (secondary N) is 1. The molecular formula is C15H17N5O. The summed E-state index contributed by atoms with van der Waals surface area (Å²) in [5.74, 6) is 1.89. The van der Waals surface area contributed by atoms with Gasteiger partial charge in [0.1, 0.15) is 11.9 Å². The molecule has 0 atom stereocenters. The lowest BCUT2D eigenvalue weighted by atomic mass is 9.95. The summed E-state index contributed by atoms with van der Waals surface area (Å²) in [5, 5.41) is 16.3. The Bertz CT molecular complexity index is 686. The molecule has 2 aromatic heterocycles. The second kappa shape index (κ2) is 5.92. The highest BCUT2D eigenvalue weighted by atomic mass is 16.5. The lowest BCUT2D eigenvalue weighted by molar-refractivity contribution is 0.387. The zero-order valence-electron chi connectivity index (χ0n) is 12.0. The van der Waals surface area contributed by atoms with Crippen molar-refractivity contribution in [1.82, 2.24) is 15.1 Å². The highest BCUT2D eigenvalue weighted by molar-refractivity contribution is 5.54. The minimum absolute atomic E-state index is 0.564. The third-order valence-electron chi connectivity index (χ3n) is 3.63. The molecule has 0 saturated carbocycles. The number of hydrogen-bond donors (Lipinski definition) is 1. The average Bonchev–Trinajstić information content (AvgIpc) is 2.92.